The molecule has 0 aliphatic heterocycles. The summed E-state index contributed by atoms with van der Waals surface area (Å²) in [6, 6.07) is 15.1. The maximum Gasteiger partial charge on any atom is 0.338 e. The SMILES string of the molecule is COC(=O)c1cc(C2CC2)nc2c1c(=O)n(CC(=O)Nc1ccc(F)cc1)c(=O)n2-c1ccccc1. The number of halogens is 1. The molecule has 0 bridgehead atoms. The van der Waals surface area contributed by atoms with Crippen LogP contribution in [0.3, 0.4) is 0 Å². The summed E-state index contributed by atoms with van der Waals surface area (Å²) >= 11 is 0. The lowest BCUT2D eigenvalue weighted by Gasteiger charge is -2.16. The van der Waals surface area contributed by atoms with E-state index in [4.69, 9.17) is 4.74 Å². The van der Waals surface area contributed by atoms with Gasteiger partial charge in [-0.25, -0.2) is 28.1 Å². The van der Waals surface area contributed by atoms with Crippen LogP contribution in [-0.2, 0) is 16.1 Å². The Bertz CT molecular complexity index is 1610. The molecule has 0 atom stereocenters. The third kappa shape index (κ3) is 4.28. The maximum absolute atomic E-state index is 13.6. The molecule has 1 fully saturated rings. The number of carbonyl (C=O) groups is 2. The van der Waals surface area contributed by atoms with Gasteiger partial charge >= 0.3 is 11.7 Å². The lowest BCUT2D eigenvalue weighted by molar-refractivity contribution is -0.116. The number of benzene rings is 2. The number of nitrogens with zero attached hydrogens (tertiary/aromatic N) is 3. The van der Waals surface area contributed by atoms with E-state index < -0.39 is 35.5 Å². The van der Waals surface area contributed by atoms with Crippen molar-refractivity contribution < 1.29 is 18.7 Å². The molecule has 36 heavy (non-hydrogen) atoms. The molecule has 1 aliphatic carbocycles. The Hall–Kier alpha value is -4.60. The Kier molecular flexibility index (Phi) is 5.93. The van der Waals surface area contributed by atoms with Gasteiger partial charge in [-0.2, -0.15) is 0 Å². The van der Waals surface area contributed by atoms with Gasteiger partial charge in [0.05, 0.1) is 23.7 Å². The van der Waals surface area contributed by atoms with E-state index in [9.17, 15) is 23.6 Å². The number of amides is 1. The van der Waals surface area contributed by atoms with Crippen molar-refractivity contribution in [2.75, 3.05) is 12.4 Å². The number of hydrogen-bond acceptors (Lipinski definition) is 6. The summed E-state index contributed by atoms with van der Waals surface area (Å²) in [6.45, 7) is -0.636. The predicted octanol–water partition coefficient (Wildman–Crippen LogP) is 2.99. The number of anilines is 1. The van der Waals surface area contributed by atoms with E-state index in [0.29, 0.717) is 17.1 Å². The van der Waals surface area contributed by atoms with Crippen molar-refractivity contribution in [3.8, 4) is 5.69 Å². The predicted molar refractivity (Wildman–Crippen MR) is 130 cm³/mol. The summed E-state index contributed by atoms with van der Waals surface area (Å²) in [7, 11) is 1.20. The smallest absolute Gasteiger partial charge is 0.338 e. The molecule has 1 saturated carbocycles. The van der Waals surface area contributed by atoms with Crippen LogP contribution in [-0.4, -0.2) is 33.1 Å². The Morgan fingerprint density at radius 3 is 2.42 bits per heavy atom. The second kappa shape index (κ2) is 9.21. The minimum Gasteiger partial charge on any atom is -0.465 e. The number of pyridine rings is 1. The summed E-state index contributed by atoms with van der Waals surface area (Å²) in [6.07, 6.45) is 1.77. The Morgan fingerprint density at radius 1 is 1.08 bits per heavy atom. The largest absolute Gasteiger partial charge is 0.465 e. The van der Waals surface area contributed by atoms with Gasteiger partial charge in [-0.15, -0.1) is 0 Å². The molecule has 1 N–H and O–H groups in total. The van der Waals surface area contributed by atoms with Crippen molar-refractivity contribution in [1.82, 2.24) is 14.1 Å². The van der Waals surface area contributed by atoms with E-state index >= 15 is 0 Å². The van der Waals surface area contributed by atoms with Gasteiger partial charge < -0.3 is 10.1 Å². The van der Waals surface area contributed by atoms with Crippen LogP contribution >= 0.6 is 0 Å². The van der Waals surface area contributed by atoms with Crippen molar-refractivity contribution in [1.29, 1.82) is 0 Å². The van der Waals surface area contributed by atoms with Crippen LogP contribution in [0.25, 0.3) is 16.7 Å². The summed E-state index contributed by atoms with van der Waals surface area (Å²) in [5.41, 5.74) is -0.321. The molecule has 0 radical (unpaired) electrons. The summed E-state index contributed by atoms with van der Waals surface area (Å²) in [5, 5.41) is 2.42. The van der Waals surface area contributed by atoms with Gasteiger partial charge in [-0.1, -0.05) is 18.2 Å². The molecule has 0 saturated heterocycles. The minimum absolute atomic E-state index is 0.0215. The van der Waals surface area contributed by atoms with Crippen molar-refractivity contribution in [2.24, 2.45) is 0 Å². The summed E-state index contributed by atoms with van der Waals surface area (Å²) < 4.78 is 20.1. The Labute approximate surface area is 203 Å². The first kappa shape index (κ1) is 23.2. The number of nitrogens with one attached hydrogen (secondary N) is 1. The maximum atomic E-state index is 13.6. The molecule has 4 aromatic rings. The molecule has 0 unspecified atom stereocenters. The van der Waals surface area contributed by atoms with Gasteiger partial charge in [0, 0.05) is 17.3 Å². The first-order valence-electron chi connectivity index (χ1n) is 11.3. The fourth-order valence-corrected chi connectivity index (χ4v) is 4.04. The van der Waals surface area contributed by atoms with Crippen LogP contribution in [0, 0.1) is 5.82 Å². The molecule has 2 aromatic carbocycles. The molecule has 10 heteroatoms. The summed E-state index contributed by atoms with van der Waals surface area (Å²) in [4.78, 5) is 57.3. The number of rotatable bonds is 6. The molecule has 0 spiro atoms. The highest BCUT2D eigenvalue weighted by molar-refractivity contribution is 6.02. The fourth-order valence-electron chi connectivity index (χ4n) is 4.04. The van der Waals surface area contributed by atoms with Crippen LogP contribution in [0.2, 0.25) is 0 Å². The van der Waals surface area contributed by atoms with Crippen molar-refractivity contribution in [3.05, 3.63) is 98.6 Å². The molecule has 1 aliphatic rings. The van der Waals surface area contributed by atoms with Crippen molar-refractivity contribution in [2.45, 2.75) is 25.3 Å². The number of ether oxygens (including phenoxy) is 1. The van der Waals surface area contributed by atoms with E-state index in [2.05, 4.69) is 10.3 Å². The number of esters is 1. The minimum atomic E-state index is -0.841. The zero-order valence-corrected chi connectivity index (χ0v) is 19.2. The van der Waals surface area contributed by atoms with E-state index in [-0.39, 0.29) is 22.5 Å². The lowest BCUT2D eigenvalue weighted by atomic mass is 10.1. The molecule has 182 valence electrons. The molecule has 5 rings (SSSR count). The highest BCUT2D eigenvalue weighted by Crippen LogP contribution is 2.40. The first-order valence-corrected chi connectivity index (χ1v) is 11.3. The fraction of sp³-hybridized carbons (Fsp3) is 0.192. The number of para-hydroxylation sites is 1. The number of aromatic nitrogens is 3. The highest BCUT2D eigenvalue weighted by Gasteiger charge is 2.30. The van der Waals surface area contributed by atoms with Crippen LogP contribution in [0.15, 0.2) is 70.3 Å². The topological polar surface area (TPSA) is 112 Å². The van der Waals surface area contributed by atoms with Gasteiger partial charge in [0.25, 0.3) is 5.56 Å². The van der Waals surface area contributed by atoms with Crippen molar-refractivity contribution in [3.63, 3.8) is 0 Å². The van der Waals surface area contributed by atoms with Crippen LogP contribution in [0.5, 0.6) is 0 Å². The van der Waals surface area contributed by atoms with E-state index in [0.717, 1.165) is 17.4 Å². The third-order valence-electron chi connectivity index (χ3n) is 5.96. The van der Waals surface area contributed by atoms with Crippen LogP contribution < -0.4 is 16.6 Å². The second-order valence-electron chi connectivity index (χ2n) is 8.46. The number of hydrogen-bond donors (Lipinski definition) is 1. The molecule has 1 amide bonds. The van der Waals surface area contributed by atoms with Gasteiger partial charge in [-0.05, 0) is 55.3 Å². The van der Waals surface area contributed by atoms with Gasteiger partial charge in [0.15, 0.2) is 5.65 Å². The van der Waals surface area contributed by atoms with Gasteiger partial charge in [0.2, 0.25) is 5.91 Å². The molecule has 9 nitrogen and oxygen atoms in total. The zero-order valence-electron chi connectivity index (χ0n) is 19.2. The van der Waals surface area contributed by atoms with Crippen molar-refractivity contribution >= 4 is 28.6 Å². The van der Waals surface area contributed by atoms with Crippen LogP contribution in [0.4, 0.5) is 10.1 Å². The molecular weight excluding hydrogens is 467 g/mol. The third-order valence-corrected chi connectivity index (χ3v) is 5.96. The quantitative estimate of drug-likeness (QED) is 0.418. The van der Waals surface area contributed by atoms with E-state index in [1.54, 1.807) is 30.3 Å². The number of methoxy groups -OCH3 is 1. The number of carbonyl (C=O) groups excluding carboxylic acids is 2. The molecule has 2 heterocycles. The van der Waals surface area contributed by atoms with E-state index in [1.165, 1.54) is 42.0 Å². The highest BCUT2D eigenvalue weighted by atomic mass is 19.1. The monoisotopic (exact) mass is 488 g/mol. The standard InChI is InChI=1S/C26H21FN4O5/c1-36-25(34)19-13-20(15-7-8-15)29-23-22(19)24(33)30(26(35)31(23)18-5-3-2-4-6-18)14-21(32)28-17-11-9-16(27)10-12-17/h2-6,9-13,15H,7-8,14H2,1H3,(H,28,32). The van der Waals surface area contributed by atoms with Gasteiger partial charge in [0.1, 0.15) is 12.4 Å². The Balaban J connectivity index is 1.73. The normalized spacial score (nSPS) is 12.9. The first-order chi connectivity index (χ1) is 17.4. The van der Waals surface area contributed by atoms with Crippen LogP contribution in [0.1, 0.15) is 34.8 Å². The molecular formula is C26H21FN4O5. The van der Waals surface area contributed by atoms with E-state index in [1.807, 2.05) is 0 Å². The average Bonchev–Trinajstić information content (AvgIpc) is 3.73. The number of fused-ring (bicyclic) bond motifs is 1. The molecule has 2 aromatic heterocycles. The summed E-state index contributed by atoms with van der Waals surface area (Å²) in [5.74, 6) is -1.78. The Morgan fingerprint density at radius 2 is 1.78 bits per heavy atom. The zero-order chi connectivity index (χ0) is 25.4. The van der Waals surface area contributed by atoms with Gasteiger partial charge in [-0.3, -0.25) is 9.59 Å². The average molecular weight is 488 g/mol. The second-order valence-corrected chi connectivity index (χ2v) is 8.46. The lowest BCUT2D eigenvalue weighted by Crippen LogP contribution is -2.43.